The van der Waals surface area contributed by atoms with E-state index in [0.717, 1.165) is 6.42 Å². The van der Waals surface area contributed by atoms with E-state index in [4.69, 9.17) is 0 Å². The highest BCUT2D eigenvalue weighted by Gasteiger charge is 2.27. The Morgan fingerprint density at radius 3 is 2.23 bits per heavy atom. The summed E-state index contributed by atoms with van der Waals surface area (Å²) in [5, 5.41) is 0. The third-order valence-electron chi connectivity index (χ3n) is 2.36. The van der Waals surface area contributed by atoms with Crippen molar-refractivity contribution < 1.29 is 4.79 Å². The third-order valence-corrected chi connectivity index (χ3v) is 2.71. The number of nitrogens with zero attached hydrogens (tertiary/aromatic N) is 1. The molecule has 1 amide bonds. The van der Waals surface area contributed by atoms with Gasteiger partial charge in [0.15, 0.2) is 0 Å². The summed E-state index contributed by atoms with van der Waals surface area (Å²) in [7, 11) is 4.36. The lowest BCUT2D eigenvalue weighted by Crippen LogP contribution is -2.46. The molecule has 13 heavy (non-hydrogen) atoms. The van der Waals surface area contributed by atoms with Crippen molar-refractivity contribution in [2.45, 2.75) is 39.7 Å². The number of amides is 1. The van der Waals surface area contributed by atoms with Crippen LogP contribution in [0.2, 0.25) is 0 Å². The quantitative estimate of drug-likeness (QED) is 0.641. The van der Waals surface area contributed by atoms with E-state index < -0.39 is 0 Å². The van der Waals surface area contributed by atoms with Gasteiger partial charge in [0.1, 0.15) is 0 Å². The maximum atomic E-state index is 11.4. The molecule has 0 N–H and O–H groups in total. The molecule has 0 bridgehead atoms. The largest absolute Gasteiger partial charge is 0.340 e. The van der Waals surface area contributed by atoms with Gasteiger partial charge in [0.2, 0.25) is 5.91 Å². The van der Waals surface area contributed by atoms with Crippen LogP contribution >= 0.6 is 9.24 Å². The second-order valence-corrected chi connectivity index (χ2v) is 4.98. The molecule has 0 aliphatic rings. The molecule has 3 heteroatoms. The van der Waals surface area contributed by atoms with Crippen LogP contribution in [0.25, 0.3) is 0 Å². The third kappa shape index (κ3) is 4.08. The van der Waals surface area contributed by atoms with Crippen LogP contribution in [0.4, 0.5) is 0 Å². The maximum absolute atomic E-state index is 11.4. The van der Waals surface area contributed by atoms with Gasteiger partial charge in [0.05, 0.1) is 0 Å². The highest BCUT2D eigenvalue weighted by molar-refractivity contribution is 7.18. The lowest BCUT2D eigenvalue weighted by molar-refractivity contribution is -0.132. The second kappa shape index (κ2) is 4.95. The van der Waals surface area contributed by atoms with Crippen LogP contribution in [0.1, 0.15) is 34.1 Å². The first-order valence-corrected chi connectivity index (χ1v) is 5.59. The zero-order valence-corrected chi connectivity index (χ0v) is 10.6. The second-order valence-electron chi connectivity index (χ2n) is 4.57. The van der Waals surface area contributed by atoms with Gasteiger partial charge in [-0.2, -0.15) is 0 Å². The van der Waals surface area contributed by atoms with Gasteiger partial charge in [0.25, 0.3) is 0 Å². The van der Waals surface area contributed by atoms with Crippen LogP contribution in [0, 0.1) is 5.92 Å². The summed E-state index contributed by atoms with van der Waals surface area (Å²) in [5.41, 5.74) is -0.0260. The topological polar surface area (TPSA) is 20.3 Å². The highest BCUT2D eigenvalue weighted by Crippen LogP contribution is 2.22. The summed E-state index contributed by atoms with van der Waals surface area (Å²) in [6, 6.07) is 0. The maximum Gasteiger partial charge on any atom is 0.226 e. The number of rotatable bonds is 4. The number of hydrogen-bond donors (Lipinski definition) is 0. The van der Waals surface area contributed by atoms with Crippen LogP contribution < -0.4 is 0 Å². The molecule has 0 saturated heterocycles. The fourth-order valence-electron chi connectivity index (χ4n) is 1.61. The van der Waals surface area contributed by atoms with Crippen LogP contribution in [0.15, 0.2) is 0 Å². The lowest BCUT2D eigenvalue weighted by Gasteiger charge is -2.37. The first kappa shape index (κ1) is 12.9. The summed E-state index contributed by atoms with van der Waals surface area (Å²) < 4.78 is 0. The van der Waals surface area contributed by atoms with Gasteiger partial charge in [-0.25, -0.2) is 0 Å². The van der Waals surface area contributed by atoms with E-state index in [1.807, 2.05) is 11.9 Å². The van der Waals surface area contributed by atoms with Gasteiger partial charge in [-0.3, -0.25) is 4.79 Å². The molecule has 0 radical (unpaired) electrons. The van der Waals surface area contributed by atoms with E-state index in [2.05, 4.69) is 36.9 Å². The predicted octanol–water partition coefficient (Wildman–Crippen LogP) is 2.14. The molecule has 0 aliphatic carbocycles. The minimum atomic E-state index is -0.0260. The number of carbonyl (C=O) groups excluding carboxylic acids is 1. The van der Waals surface area contributed by atoms with Crippen LogP contribution in [0.3, 0.4) is 0 Å². The van der Waals surface area contributed by atoms with Crippen LogP contribution in [-0.4, -0.2) is 29.6 Å². The highest BCUT2D eigenvalue weighted by atomic mass is 31.0. The Hall–Kier alpha value is -0.100. The van der Waals surface area contributed by atoms with E-state index in [-0.39, 0.29) is 11.4 Å². The minimum absolute atomic E-state index is 0.0260. The fourth-order valence-corrected chi connectivity index (χ4v) is 1.88. The molecule has 0 spiro atoms. The zero-order valence-electron chi connectivity index (χ0n) is 9.42. The molecule has 0 fully saturated rings. The smallest absolute Gasteiger partial charge is 0.226 e. The zero-order chi connectivity index (χ0) is 10.6. The van der Waals surface area contributed by atoms with Gasteiger partial charge < -0.3 is 4.90 Å². The van der Waals surface area contributed by atoms with E-state index >= 15 is 0 Å². The number of carbonyl (C=O) groups is 1. The van der Waals surface area contributed by atoms with Gasteiger partial charge in [-0.15, -0.1) is 9.24 Å². The summed E-state index contributed by atoms with van der Waals surface area (Å²) >= 11 is 0. The molecule has 0 aliphatic heterocycles. The van der Waals surface area contributed by atoms with Crippen LogP contribution in [-0.2, 0) is 4.79 Å². The Labute approximate surface area is 84.3 Å². The van der Waals surface area contributed by atoms with Crippen molar-refractivity contribution in [3.8, 4) is 0 Å². The molecule has 0 aromatic carbocycles. The van der Waals surface area contributed by atoms with Crippen molar-refractivity contribution in [1.29, 1.82) is 0 Å². The Balaban J connectivity index is 4.34. The van der Waals surface area contributed by atoms with E-state index in [9.17, 15) is 4.79 Å². The fraction of sp³-hybridized carbons (Fsp3) is 0.900. The van der Waals surface area contributed by atoms with E-state index in [1.165, 1.54) is 0 Å². The molecule has 0 heterocycles. The Morgan fingerprint density at radius 2 is 1.92 bits per heavy atom. The predicted molar refractivity (Wildman–Crippen MR) is 60.9 cm³/mol. The number of hydrogen-bond acceptors (Lipinski definition) is 1. The Bertz CT molecular complexity index is 178. The summed E-state index contributed by atoms with van der Waals surface area (Å²) in [5.74, 6) is 0.811. The lowest BCUT2D eigenvalue weighted by atomic mass is 9.91. The van der Waals surface area contributed by atoms with Crippen molar-refractivity contribution in [3.05, 3.63) is 0 Å². The molecule has 0 aromatic rings. The molecule has 1 atom stereocenters. The first-order valence-electron chi connectivity index (χ1n) is 4.78. The average Bonchev–Trinajstić information content (AvgIpc) is 1.99. The minimum Gasteiger partial charge on any atom is -0.340 e. The summed E-state index contributed by atoms with van der Waals surface area (Å²) in [4.78, 5) is 13.3. The first-order chi connectivity index (χ1) is 5.81. The molecule has 0 aromatic heterocycles. The SMILES string of the molecule is CC(C)CC(C)(C)N(C)C(=O)CP. The van der Waals surface area contributed by atoms with Crippen molar-refractivity contribution in [2.24, 2.45) is 5.92 Å². The molecular weight excluding hydrogens is 181 g/mol. The monoisotopic (exact) mass is 203 g/mol. The Morgan fingerprint density at radius 1 is 1.46 bits per heavy atom. The molecule has 2 nitrogen and oxygen atoms in total. The molecular formula is C10H22NOP. The van der Waals surface area contributed by atoms with Crippen molar-refractivity contribution in [2.75, 3.05) is 13.2 Å². The van der Waals surface area contributed by atoms with Crippen LogP contribution in [0.5, 0.6) is 0 Å². The normalized spacial score (nSPS) is 11.9. The average molecular weight is 203 g/mol. The van der Waals surface area contributed by atoms with Gasteiger partial charge in [-0.1, -0.05) is 13.8 Å². The van der Waals surface area contributed by atoms with Gasteiger partial charge in [-0.05, 0) is 26.2 Å². The molecule has 78 valence electrons. The summed E-state index contributed by atoms with van der Waals surface area (Å²) in [6.45, 7) is 8.60. The van der Waals surface area contributed by atoms with E-state index in [0.29, 0.717) is 12.1 Å². The van der Waals surface area contributed by atoms with Gasteiger partial charge in [0, 0.05) is 18.7 Å². The molecule has 0 saturated carbocycles. The van der Waals surface area contributed by atoms with Gasteiger partial charge >= 0.3 is 0 Å². The van der Waals surface area contributed by atoms with Crippen molar-refractivity contribution in [3.63, 3.8) is 0 Å². The summed E-state index contributed by atoms with van der Waals surface area (Å²) in [6.07, 6.45) is 1.55. The van der Waals surface area contributed by atoms with Crippen molar-refractivity contribution >= 4 is 15.1 Å². The van der Waals surface area contributed by atoms with E-state index in [1.54, 1.807) is 0 Å². The van der Waals surface area contributed by atoms with Crippen molar-refractivity contribution in [1.82, 2.24) is 4.90 Å². The standard InChI is InChI=1S/C10H22NOP/c1-8(2)6-10(3,4)11(5)9(12)7-13/h8H,6-7,13H2,1-5H3. The molecule has 0 rings (SSSR count). The Kier molecular flexibility index (Phi) is 4.91. The molecule has 1 unspecified atom stereocenters.